The number of aliphatic hydroxyl groups is 3. The maximum absolute atomic E-state index is 11.7. The highest BCUT2D eigenvalue weighted by molar-refractivity contribution is 5.82. The molecule has 3 atom stereocenters. The second-order valence-electron chi connectivity index (χ2n) is 4.54. The molecule has 0 bridgehead atoms. The SMILES string of the molecule is N[C@@H](CO)c1noc([C@H](CO)NC(=O)N[C@@H](CCO)C(=O)O)n1. The van der Waals surface area contributed by atoms with E-state index in [0.717, 1.165) is 0 Å². The minimum Gasteiger partial charge on any atom is -0.480 e. The van der Waals surface area contributed by atoms with E-state index in [1.807, 2.05) is 0 Å². The molecule has 0 saturated heterocycles. The summed E-state index contributed by atoms with van der Waals surface area (Å²) >= 11 is 0. The molecule has 0 fully saturated rings. The van der Waals surface area contributed by atoms with Crippen LogP contribution < -0.4 is 16.4 Å². The summed E-state index contributed by atoms with van der Waals surface area (Å²) in [5, 5.41) is 43.6. The third-order valence-corrected chi connectivity index (χ3v) is 2.79. The number of nitrogens with one attached hydrogen (secondary N) is 2. The monoisotopic (exact) mass is 333 g/mol. The van der Waals surface area contributed by atoms with Gasteiger partial charge in [0.05, 0.1) is 19.3 Å². The van der Waals surface area contributed by atoms with Crippen LogP contribution in [-0.2, 0) is 4.79 Å². The van der Waals surface area contributed by atoms with E-state index in [2.05, 4.69) is 20.8 Å². The quantitative estimate of drug-likeness (QED) is 0.248. The number of hydrogen-bond acceptors (Lipinski definition) is 9. The van der Waals surface area contributed by atoms with Crippen LogP contribution in [0.4, 0.5) is 4.79 Å². The smallest absolute Gasteiger partial charge is 0.326 e. The summed E-state index contributed by atoms with van der Waals surface area (Å²) in [7, 11) is 0. The molecule has 130 valence electrons. The molecule has 0 radical (unpaired) electrons. The Morgan fingerprint density at radius 1 is 1.22 bits per heavy atom. The Morgan fingerprint density at radius 2 is 1.91 bits per heavy atom. The van der Waals surface area contributed by atoms with E-state index in [-0.39, 0.29) is 18.1 Å². The van der Waals surface area contributed by atoms with E-state index >= 15 is 0 Å². The molecule has 1 aromatic heterocycles. The Labute approximate surface area is 130 Å². The van der Waals surface area contributed by atoms with Crippen LogP contribution in [0.15, 0.2) is 4.52 Å². The number of carbonyl (C=O) groups excluding carboxylic acids is 1. The van der Waals surface area contributed by atoms with Gasteiger partial charge in [0.1, 0.15) is 12.1 Å². The van der Waals surface area contributed by atoms with Gasteiger partial charge in [-0.3, -0.25) is 0 Å². The second-order valence-corrected chi connectivity index (χ2v) is 4.54. The molecule has 12 nitrogen and oxygen atoms in total. The van der Waals surface area contributed by atoms with Crippen LogP contribution in [0.3, 0.4) is 0 Å². The van der Waals surface area contributed by atoms with Crippen LogP contribution in [0.5, 0.6) is 0 Å². The Hall–Kier alpha value is -2.28. The van der Waals surface area contributed by atoms with Crippen LogP contribution in [0.25, 0.3) is 0 Å². The first-order valence-electron chi connectivity index (χ1n) is 6.64. The molecular weight excluding hydrogens is 314 g/mol. The zero-order valence-electron chi connectivity index (χ0n) is 12.0. The number of carbonyl (C=O) groups is 2. The van der Waals surface area contributed by atoms with E-state index in [9.17, 15) is 14.7 Å². The molecule has 8 N–H and O–H groups in total. The number of nitrogens with two attached hydrogens (primary N) is 1. The number of hydrogen-bond donors (Lipinski definition) is 7. The normalized spacial score (nSPS) is 14.8. The molecule has 0 aliphatic carbocycles. The Balaban J connectivity index is 2.69. The van der Waals surface area contributed by atoms with Crippen molar-refractivity contribution >= 4 is 12.0 Å². The van der Waals surface area contributed by atoms with Crippen molar-refractivity contribution in [1.82, 2.24) is 20.8 Å². The number of urea groups is 1. The van der Waals surface area contributed by atoms with Crippen LogP contribution in [0.1, 0.15) is 30.2 Å². The van der Waals surface area contributed by atoms with Gasteiger partial charge in [0.25, 0.3) is 5.89 Å². The van der Waals surface area contributed by atoms with Gasteiger partial charge >= 0.3 is 12.0 Å². The van der Waals surface area contributed by atoms with Gasteiger partial charge in [0.2, 0.25) is 0 Å². The molecule has 0 aromatic carbocycles. The van der Waals surface area contributed by atoms with E-state index in [1.165, 1.54) is 0 Å². The summed E-state index contributed by atoms with van der Waals surface area (Å²) in [6, 6.07) is -4.16. The molecular formula is C11H19N5O7. The van der Waals surface area contributed by atoms with Crippen molar-refractivity contribution in [2.75, 3.05) is 19.8 Å². The molecule has 2 amide bonds. The molecule has 1 rings (SSSR count). The zero-order valence-corrected chi connectivity index (χ0v) is 12.0. The van der Waals surface area contributed by atoms with Crippen molar-refractivity contribution in [2.24, 2.45) is 5.73 Å². The Kier molecular flexibility index (Phi) is 7.34. The standard InChI is InChI=1S/C11H19N5O7/c12-5(3-18)8-15-9(23-16-8)7(4-19)14-11(22)13-6(1-2-17)10(20)21/h5-7,17-19H,1-4,12H2,(H,20,21)(H2,13,14,22)/t5-,6-,7-/m0/s1. The number of amides is 2. The summed E-state index contributed by atoms with van der Waals surface area (Å²) < 4.78 is 4.83. The lowest BCUT2D eigenvalue weighted by Crippen LogP contribution is -2.47. The second kappa shape index (κ2) is 8.99. The van der Waals surface area contributed by atoms with E-state index in [4.69, 9.17) is 25.6 Å². The highest BCUT2D eigenvalue weighted by Crippen LogP contribution is 2.12. The van der Waals surface area contributed by atoms with E-state index in [1.54, 1.807) is 0 Å². The van der Waals surface area contributed by atoms with Crippen molar-refractivity contribution in [2.45, 2.75) is 24.5 Å². The average Bonchev–Trinajstić information content (AvgIpc) is 3.01. The summed E-state index contributed by atoms with van der Waals surface area (Å²) in [5.41, 5.74) is 5.50. The molecule has 23 heavy (non-hydrogen) atoms. The van der Waals surface area contributed by atoms with Crippen LogP contribution in [0, 0.1) is 0 Å². The molecule has 12 heteroatoms. The van der Waals surface area contributed by atoms with Gasteiger partial charge < -0.3 is 41.3 Å². The highest BCUT2D eigenvalue weighted by Gasteiger charge is 2.25. The van der Waals surface area contributed by atoms with Gasteiger partial charge in [-0.05, 0) is 0 Å². The van der Waals surface area contributed by atoms with Crippen LogP contribution in [0.2, 0.25) is 0 Å². The zero-order chi connectivity index (χ0) is 17.4. The van der Waals surface area contributed by atoms with Crippen molar-refractivity contribution in [1.29, 1.82) is 0 Å². The Morgan fingerprint density at radius 3 is 2.43 bits per heavy atom. The number of carboxylic acid groups (broad SMARTS) is 1. The number of aromatic nitrogens is 2. The lowest BCUT2D eigenvalue weighted by atomic mass is 10.2. The van der Waals surface area contributed by atoms with E-state index in [0.29, 0.717) is 0 Å². The molecule has 0 unspecified atom stereocenters. The molecule has 0 spiro atoms. The predicted molar refractivity (Wildman–Crippen MR) is 72.9 cm³/mol. The average molecular weight is 333 g/mol. The van der Waals surface area contributed by atoms with E-state index < -0.39 is 49.9 Å². The fourth-order valence-electron chi connectivity index (χ4n) is 1.55. The number of nitrogens with zero attached hydrogens (tertiary/aromatic N) is 2. The summed E-state index contributed by atoms with van der Waals surface area (Å²) in [4.78, 5) is 26.5. The van der Waals surface area contributed by atoms with Crippen molar-refractivity contribution in [3.8, 4) is 0 Å². The first kappa shape index (κ1) is 18.8. The lowest BCUT2D eigenvalue weighted by molar-refractivity contribution is -0.139. The van der Waals surface area contributed by atoms with Crippen LogP contribution in [-0.4, -0.2) is 68.4 Å². The van der Waals surface area contributed by atoms with Crippen molar-refractivity contribution < 1.29 is 34.5 Å². The first-order chi connectivity index (χ1) is 10.9. The maximum Gasteiger partial charge on any atom is 0.326 e. The van der Waals surface area contributed by atoms with Gasteiger partial charge in [-0.25, -0.2) is 9.59 Å². The topological polar surface area (TPSA) is 204 Å². The number of rotatable bonds is 9. The predicted octanol–water partition coefficient (Wildman–Crippen LogP) is -2.77. The summed E-state index contributed by atoms with van der Waals surface area (Å²) in [6.07, 6.45) is -0.178. The summed E-state index contributed by atoms with van der Waals surface area (Å²) in [5.74, 6) is -1.48. The molecule has 1 heterocycles. The molecule has 1 aromatic rings. The largest absolute Gasteiger partial charge is 0.480 e. The third-order valence-electron chi connectivity index (χ3n) is 2.79. The van der Waals surface area contributed by atoms with Gasteiger partial charge in [-0.2, -0.15) is 4.98 Å². The van der Waals surface area contributed by atoms with Gasteiger partial charge in [0, 0.05) is 13.0 Å². The van der Waals surface area contributed by atoms with Crippen molar-refractivity contribution in [3.05, 3.63) is 11.7 Å². The number of carboxylic acids is 1. The minimum absolute atomic E-state index is 0.00755. The Bertz CT molecular complexity index is 523. The lowest BCUT2D eigenvalue weighted by Gasteiger charge is -2.17. The highest BCUT2D eigenvalue weighted by atomic mass is 16.5. The van der Waals surface area contributed by atoms with Crippen LogP contribution >= 0.6 is 0 Å². The van der Waals surface area contributed by atoms with Gasteiger partial charge in [-0.15, -0.1) is 0 Å². The number of aliphatic carboxylic acids is 1. The summed E-state index contributed by atoms with van der Waals surface area (Å²) in [6.45, 7) is -1.44. The molecule has 0 aliphatic heterocycles. The van der Waals surface area contributed by atoms with Crippen molar-refractivity contribution in [3.63, 3.8) is 0 Å². The third kappa shape index (κ3) is 5.45. The fraction of sp³-hybridized carbons (Fsp3) is 0.636. The maximum atomic E-state index is 11.7. The minimum atomic E-state index is -1.32. The number of aliphatic hydroxyl groups excluding tert-OH is 3. The fourth-order valence-corrected chi connectivity index (χ4v) is 1.55. The van der Waals surface area contributed by atoms with Gasteiger partial charge in [0.15, 0.2) is 5.82 Å². The van der Waals surface area contributed by atoms with Gasteiger partial charge in [-0.1, -0.05) is 5.16 Å². The molecule has 0 saturated carbocycles. The molecule has 0 aliphatic rings. The first-order valence-corrected chi connectivity index (χ1v) is 6.64.